The number of pyridine rings is 1. The average Bonchev–Trinajstić information content (AvgIpc) is 3.44. The van der Waals surface area contributed by atoms with E-state index in [1.165, 1.54) is 6.07 Å². The number of hydrogen-bond donors (Lipinski definition) is 0. The van der Waals surface area contributed by atoms with Crippen molar-refractivity contribution in [3.63, 3.8) is 0 Å². The van der Waals surface area contributed by atoms with Crippen molar-refractivity contribution >= 4 is 32.7 Å². The molecule has 0 unspecified atom stereocenters. The molecule has 2 aromatic heterocycles. The fourth-order valence-electron chi connectivity index (χ4n) is 4.81. The van der Waals surface area contributed by atoms with E-state index < -0.39 is 25.5 Å². The molecule has 2 nitrogen and oxygen atoms in total. The standard InChI is InChI=1S/C21H14NO.C17H18.Ir/c1-12-10-17(22-11-13(12)2)16-9-8-15-7-6-14-4-3-5-18-19(14)20(15)21(16)23-18;1-17(2,3)13-14-9-11-16(12-10-14)15-7-5-4-6-8-15;/h3-8,10-11H,1-2H3;4-7,9-11H,13H2,1-3H3;/q-1;-2;+3/i1D3,2D3;13D2;. The Hall–Kier alpha value is -3.78. The van der Waals surface area contributed by atoms with Crippen LogP contribution in [-0.4, -0.2) is 4.98 Å². The first kappa shape index (κ1) is 20.2. The Kier molecular flexibility index (Phi) is 5.70. The molecule has 7 rings (SSSR count). The second-order valence-corrected chi connectivity index (χ2v) is 10.7. The number of benzene rings is 5. The van der Waals surface area contributed by atoms with E-state index in [9.17, 15) is 0 Å². The molecule has 5 aromatic carbocycles. The van der Waals surface area contributed by atoms with Crippen molar-refractivity contribution in [1.82, 2.24) is 4.98 Å². The molecule has 0 N–H and O–H groups in total. The van der Waals surface area contributed by atoms with Crippen LogP contribution in [0.3, 0.4) is 0 Å². The average molecular weight is 719 g/mol. The molecular formula is C38H32IrNO. The molecule has 41 heavy (non-hydrogen) atoms. The van der Waals surface area contributed by atoms with Gasteiger partial charge in [-0.3, -0.25) is 0 Å². The Bertz CT molecular complexity index is 2210. The molecule has 0 saturated carbocycles. The second-order valence-electron chi connectivity index (χ2n) is 10.7. The Morgan fingerprint density at radius 3 is 2.39 bits per heavy atom. The van der Waals surface area contributed by atoms with Gasteiger partial charge in [0.15, 0.2) is 0 Å². The Morgan fingerprint density at radius 1 is 0.829 bits per heavy atom. The Labute approximate surface area is 267 Å². The number of hydrogen-bond acceptors (Lipinski definition) is 2. The molecule has 0 bridgehead atoms. The van der Waals surface area contributed by atoms with Gasteiger partial charge in [0.25, 0.3) is 0 Å². The first-order valence-corrected chi connectivity index (χ1v) is 13.1. The number of aromatic nitrogens is 1. The summed E-state index contributed by atoms with van der Waals surface area (Å²) in [4.78, 5) is 4.26. The van der Waals surface area contributed by atoms with Crippen LogP contribution in [0.2, 0.25) is 0 Å². The summed E-state index contributed by atoms with van der Waals surface area (Å²) in [7, 11) is 0. The third-order valence-corrected chi connectivity index (χ3v) is 6.57. The second kappa shape index (κ2) is 11.6. The minimum Gasteiger partial charge on any atom is -0.501 e. The summed E-state index contributed by atoms with van der Waals surface area (Å²) < 4.78 is 68.9. The predicted molar refractivity (Wildman–Crippen MR) is 167 cm³/mol. The summed E-state index contributed by atoms with van der Waals surface area (Å²) in [5, 5.41) is 3.91. The number of furan rings is 1. The molecule has 0 aliphatic rings. The summed E-state index contributed by atoms with van der Waals surface area (Å²) >= 11 is 0. The smallest absolute Gasteiger partial charge is 0.501 e. The van der Waals surface area contributed by atoms with Crippen molar-refractivity contribution in [2.24, 2.45) is 5.41 Å². The molecule has 0 fully saturated rings. The monoisotopic (exact) mass is 719 g/mol. The minimum atomic E-state index is -2.59. The maximum Gasteiger partial charge on any atom is 3.00 e. The van der Waals surface area contributed by atoms with Gasteiger partial charge in [0, 0.05) is 22.5 Å². The zero-order valence-corrected chi connectivity index (χ0v) is 25.2. The molecule has 0 saturated heterocycles. The number of nitrogens with zero attached hydrogens (tertiary/aromatic N) is 1. The minimum absolute atomic E-state index is 0. The van der Waals surface area contributed by atoms with E-state index >= 15 is 0 Å². The number of aryl methyl sites for hydroxylation is 2. The summed E-state index contributed by atoms with van der Waals surface area (Å²) in [6, 6.07) is 35.6. The number of rotatable bonds is 3. The zero-order chi connectivity index (χ0) is 34.6. The van der Waals surface area contributed by atoms with E-state index in [1.54, 1.807) is 6.07 Å². The van der Waals surface area contributed by atoms with E-state index in [-0.39, 0.29) is 31.2 Å². The maximum atomic E-state index is 8.23. The van der Waals surface area contributed by atoms with Crippen molar-refractivity contribution in [2.75, 3.05) is 0 Å². The van der Waals surface area contributed by atoms with Gasteiger partial charge in [-0.25, -0.2) is 11.1 Å². The molecule has 0 spiro atoms. The van der Waals surface area contributed by atoms with Crippen molar-refractivity contribution in [1.29, 1.82) is 0 Å². The van der Waals surface area contributed by atoms with Crippen LogP contribution in [0.25, 0.3) is 55.1 Å². The third kappa shape index (κ3) is 5.98. The van der Waals surface area contributed by atoms with E-state index in [4.69, 9.17) is 15.4 Å². The van der Waals surface area contributed by atoms with Crippen LogP contribution in [0.4, 0.5) is 0 Å². The molecule has 2 heterocycles. The van der Waals surface area contributed by atoms with Crippen LogP contribution in [0.1, 0.15) is 48.4 Å². The van der Waals surface area contributed by atoms with Crippen LogP contribution in [0.15, 0.2) is 95.5 Å². The summed E-state index contributed by atoms with van der Waals surface area (Å²) in [5.74, 6) is 0. The molecule has 0 radical (unpaired) electrons. The molecule has 0 amide bonds. The first-order chi connectivity index (χ1) is 22.5. The topological polar surface area (TPSA) is 26.0 Å². The summed E-state index contributed by atoms with van der Waals surface area (Å²) in [5.41, 5.74) is 3.72. The van der Waals surface area contributed by atoms with Crippen LogP contribution in [-0.2, 0) is 26.5 Å². The van der Waals surface area contributed by atoms with Crippen LogP contribution in [0.5, 0.6) is 0 Å². The van der Waals surface area contributed by atoms with Gasteiger partial charge >= 0.3 is 20.1 Å². The summed E-state index contributed by atoms with van der Waals surface area (Å²) in [6.45, 7) is 0.567. The Morgan fingerprint density at radius 2 is 1.66 bits per heavy atom. The van der Waals surface area contributed by atoms with Gasteiger partial charge in [0.2, 0.25) is 0 Å². The molecule has 0 aliphatic carbocycles. The quantitative estimate of drug-likeness (QED) is 0.134. The van der Waals surface area contributed by atoms with Crippen molar-refractivity contribution in [2.45, 2.75) is 40.8 Å². The van der Waals surface area contributed by atoms with E-state index in [1.807, 2.05) is 93.6 Å². The molecular weight excluding hydrogens is 679 g/mol. The predicted octanol–water partition coefficient (Wildman–Crippen LogP) is 10.2. The van der Waals surface area contributed by atoms with Gasteiger partial charge in [-0.15, -0.1) is 23.8 Å². The summed E-state index contributed by atoms with van der Waals surface area (Å²) in [6.07, 6.45) is -0.250. The van der Waals surface area contributed by atoms with Crippen LogP contribution in [0, 0.1) is 37.3 Å². The van der Waals surface area contributed by atoms with Gasteiger partial charge in [-0.1, -0.05) is 74.0 Å². The maximum absolute atomic E-state index is 8.23. The van der Waals surface area contributed by atoms with Crippen LogP contribution >= 0.6 is 0 Å². The van der Waals surface area contributed by atoms with E-state index in [0.29, 0.717) is 22.4 Å². The molecule has 3 heteroatoms. The van der Waals surface area contributed by atoms with Gasteiger partial charge in [0.1, 0.15) is 5.58 Å². The third-order valence-electron chi connectivity index (χ3n) is 6.57. The fourth-order valence-corrected chi connectivity index (χ4v) is 4.81. The van der Waals surface area contributed by atoms with Gasteiger partial charge in [-0.05, 0) is 47.2 Å². The fraction of sp³-hybridized carbons (Fsp3) is 0.184. The largest absolute Gasteiger partial charge is 3.00 e. The first-order valence-electron chi connectivity index (χ1n) is 17.1. The van der Waals surface area contributed by atoms with Crippen molar-refractivity contribution < 1.29 is 35.5 Å². The van der Waals surface area contributed by atoms with Gasteiger partial charge in [-0.2, -0.15) is 48.5 Å². The van der Waals surface area contributed by atoms with Crippen LogP contribution < -0.4 is 0 Å². The van der Waals surface area contributed by atoms with Crippen molar-refractivity contribution in [3.8, 4) is 22.4 Å². The zero-order valence-electron chi connectivity index (χ0n) is 30.8. The van der Waals surface area contributed by atoms with E-state index in [0.717, 1.165) is 44.5 Å². The molecule has 7 aromatic rings. The molecule has 0 aliphatic heterocycles. The SMILES string of the molecule is [2H]C([2H])([2H])c1cnc(-c2[c-]cc3ccc4cccc5oc2c3c45)cc1C([2H])([2H])[2H].[2H]C([2H])(c1c[c-]c(-c2[c-]cccc2)cc1)C(C)(C)C.[Ir+3]. The van der Waals surface area contributed by atoms with Gasteiger partial charge < -0.3 is 9.40 Å². The molecule has 204 valence electrons. The molecule has 0 atom stereocenters. The normalized spacial score (nSPS) is 15.3. The van der Waals surface area contributed by atoms with E-state index in [2.05, 4.69) is 23.2 Å². The van der Waals surface area contributed by atoms with Gasteiger partial charge in [0.05, 0.1) is 5.58 Å². The Balaban J connectivity index is 0.000000205. The van der Waals surface area contributed by atoms with Crippen molar-refractivity contribution in [3.05, 3.63) is 126 Å².